The Hall–Kier alpha value is -3.33. The molecule has 4 rings (SSSR count). The van der Waals surface area contributed by atoms with E-state index in [1.165, 1.54) is 35.4 Å². The molecule has 0 unspecified atom stereocenters. The van der Waals surface area contributed by atoms with Gasteiger partial charge in [0.1, 0.15) is 11.7 Å². The van der Waals surface area contributed by atoms with Gasteiger partial charge in [-0.3, -0.25) is 23.7 Å². The summed E-state index contributed by atoms with van der Waals surface area (Å²) in [5.74, 6) is -0.127. The number of amides is 1. The summed E-state index contributed by atoms with van der Waals surface area (Å²) < 4.78 is 3.05. The van der Waals surface area contributed by atoms with Crippen molar-refractivity contribution < 1.29 is 4.79 Å². The van der Waals surface area contributed by atoms with Crippen molar-refractivity contribution in [3.63, 3.8) is 0 Å². The van der Waals surface area contributed by atoms with Gasteiger partial charge in [0.2, 0.25) is 5.91 Å². The maximum atomic E-state index is 12.6. The second kappa shape index (κ2) is 6.76. The molecule has 0 aliphatic heterocycles. The molecule has 9 heteroatoms. The second-order valence-corrected chi connectivity index (χ2v) is 6.83. The molecule has 136 valence electrons. The summed E-state index contributed by atoms with van der Waals surface area (Å²) in [5, 5.41) is 6.93. The molecule has 0 bridgehead atoms. The largest absolute Gasteiger partial charge is 0.292 e. The molecule has 0 aliphatic rings. The van der Waals surface area contributed by atoms with Gasteiger partial charge in [-0.25, -0.2) is 9.97 Å². The smallest absolute Gasteiger partial charge is 0.264 e. The number of hydrogen-bond acceptors (Lipinski definition) is 6. The van der Waals surface area contributed by atoms with Crippen molar-refractivity contribution in [3.8, 4) is 0 Å². The fourth-order valence-electron chi connectivity index (χ4n) is 2.83. The summed E-state index contributed by atoms with van der Waals surface area (Å²) in [6, 6.07) is 9.34. The van der Waals surface area contributed by atoms with Crippen LogP contribution in [0.25, 0.3) is 11.0 Å². The van der Waals surface area contributed by atoms with E-state index in [0.717, 1.165) is 5.69 Å². The molecule has 3 heterocycles. The van der Waals surface area contributed by atoms with Crippen LogP contribution in [-0.2, 0) is 18.4 Å². The first kappa shape index (κ1) is 17.1. The zero-order valence-corrected chi connectivity index (χ0v) is 15.6. The van der Waals surface area contributed by atoms with Gasteiger partial charge < -0.3 is 0 Å². The molecular formula is C18H16N6O2S. The molecule has 0 aliphatic carbocycles. The Morgan fingerprint density at radius 1 is 1.26 bits per heavy atom. The number of aryl methyl sites for hydroxylation is 1. The number of nitrogens with zero attached hydrogens (tertiary/aromatic N) is 6. The molecule has 3 aromatic heterocycles. The number of fused-ring (bicyclic) bond motifs is 1. The van der Waals surface area contributed by atoms with Crippen molar-refractivity contribution in [2.24, 2.45) is 7.05 Å². The van der Waals surface area contributed by atoms with Crippen molar-refractivity contribution in [3.05, 3.63) is 64.3 Å². The summed E-state index contributed by atoms with van der Waals surface area (Å²) in [6.07, 6.45) is 3.01. The SMILES string of the molecule is CC(=O)N(c1ccccc1)c1nc(Cn2cnc3c(cnn3C)c2=O)cs1. The summed E-state index contributed by atoms with van der Waals surface area (Å²) in [6.45, 7) is 1.77. The van der Waals surface area contributed by atoms with E-state index in [-0.39, 0.29) is 18.0 Å². The van der Waals surface area contributed by atoms with Gasteiger partial charge in [0, 0.05) is 19.4 Å². The van der Waals surface area contributed by atoms with Crippen LogP contribution in [0.3, 0.4) is 0 Å². The number of para-hydroxylation sites is 1. The first-order valence-corrected chi connectivity index (χ1v) is 9.10. The van der Waals surface area contributed by atoms with Crippen LogP contribution < -0.4 is 10.5 Å². The van der Waals surface area contributed by atoms with Gasteiger partial charge in [0.05, 0.1) is 24.1 Å². The lowest BCUT2D eigenvalue weighted by Gasteiger charge is -2.17. The highest BCUT2D eigenvalue weighted by Gasteiger charge is 2.18. The maximum absolute atomic E-state index is 12.6. The van der Waals surface area contributed by atoms with Crippen LogP contribution in [-0.4, -0.2) is 30.2 Å². The van der Waals surface area contributed by atoms with Gasteiger partial charge in [0.25, 0.3) is 5.56 Å². The van der Waals surface area contributed by atoms with Gasteiger partial charge in [0.15, 0.2) is 10.8 Å². The molecule has 0 saturated carbocycles. The Balaban J connectivity index is 1.66. The van der Waals surface area contributed by atoms with E-state index in [0.29, 0.717) is 21.9 Å². The van der Waals surface area contributed by atoms with Crippen molar-refractivity contribution in [1.29, 1.82) is 0 Å². The number of carbonyl (C=O) groups is 1. The maximum Gasteiger partial charge on any atom is 0.264 e. The van der Waals surface area contributed by atoms with E-state index < -0.39 is 0 Å². The highest BCUT2D eigenvalue weighted by atomic mass is 32.1. The van der Waals surface area contributed by atoms with Crippen LogP contribution in [0.2, 0.25) is 0 Å². The number of aromatic nitrogens is 5. The van der Waals surface area contributed by atoms with E-state index in [1.807, 2.05) is 35.7 Å². The standard InChI is InChI=1S/C18H16N6O2S/c1-12(25)24(14-6-4-3-5-7-14)18-21-13(10-27-18)9-23-11-19-16-15(17(23)26)8-20-22(16)2/h3-8,10-11H,9H2,1-2H3. The summed E-state index contributed by atoms with van der Waals surface area (Å²) in [5.41, 5.74) is 1.81. The average Bonchev–Trinajstić information content (AvgIpc) is 3.26. The lowest BCUT2D eigenvalue weighted by Crippen LogP contribution is -2.23. The van der Waals surface area contributed by atoms with Crippen molar-refractivity contribution in [1.82, 2.24) is 24.3 Å². The molecule has 1 amide bonds. The summed E-state index contributed by atoms with van der Waals surface area (Å²) in [4.78, 5) is 35.1. The molecule has 0 N–H and O–H groups in total. The van der Waals surface area contributed by atoms with Crippen LogP contribution in [0.5, 0.6) is 0 Å². The van der Waals surface area contributed by atoms with Crippen molar-refractivity contribution in [2.75, 3.05) is 4.90 Å². The van der Waals surface area contributed by atoms with Crippen molar-refractivity contribution >= 4 is 39.1 Å². The lowest BCUT2D eigenvalue weighted by molar-refractivity contribution is -0.115. The third-order valence-electron chi connectivity index (χ3n) is 4.11. The fraction of sp³-hybridized carbons (Fsp3) is 0.167. The van der Waals surface area contributed by atoms with E-state index in [9.17, 15) is 9.59 Å². The summed E-state index contributed by atoms with van der Waals surface area (Å²) in [7, 11) is 1.74. The molecule has 4 aromatic rings. The van der Waals surface area contributed by atoms with Crippen molar-refractivity contribution in [2.45, 2.75) is 13.5 Å². The van der Waals surface area contributed by atoms with Crippen LogP contribution in [0.15, 0.2) is 53.0 Å². The Bertz CT molecular complexity index is 1180. The minimum atomic E-state index is -0.172. The lowest BCUT2D eigenvalue weighted by atomic mass is 10.3. The Morgan fingerprint density at radius 3 is 2.78 bits per heavy atom. The van der Waals surface area contributed by atoms with Gasteiger partial charge >= 0.3 is 0 Å². The molecule has 0 saturated heterocycles. The molecule has 8 nitrogen and oxygen atoms in total. The average molecular weight is 380 g/mol. The number of anilines is 2. The quantitative estimate of drug-likeness (QED) is 0.542. The number of thiazole rings is 1. The molecular weight excluding hydrogens is 364 g/mol. The minimum absolute atomic E-state index is 0.127. The first-order valence-electron chi connectivity index (χ1n) is 8.22. The normalized spacial score (nSPS) is 11.0. The fourth-order valence-corrected chi connectivity index (χ4v) is 3.71. The predicted molar refractivity (Wildman–Crippen MR) is 103 cm³/mol. The van der Waals surface area contributed by atoms with Crippen LogP contribution in [0.4, 0.5) is 10.8 Å². The third-order valence-corrected chi connectivity index (χ3v) is 4.99. The number of rotatable bonds is 4. The Labute approximate surface area is 158 Å². The molecule has 0 spiro atoms. The van der Waals surface area contributed by atoms with E-state index in [4.69, 9.17) is 0 Å². The molecule has 0 radical (unpaired) electrons. The zero-order valence-electron chi connectivity index (χ0n) is 14.7. The monoisotopic (exact) mass is 380 g/mol. The number of benzene rings is 1. The highest BCUT2D eigenvalue weighted by molar-refractivity contribution is 7.14. The van der Waals surface area contributed by atoms with Gasteiger partial charge in [-0.05, 0) is 12.1 Å². The summed E-state index contributed by atoms with van der Waals surface area (Å²) >= 11 is 1.36. The van der Waals surface area contributed by atoms with E-state index in [2.05, 4.69) is 15.1 Å². The number of carbonyl (C=O) groups excluding carboxylic acids is 1. The highest BCUT2D eigenvalue weighted by Crippen LogP contribution is 2.28. The number of hydrogen-bond donors (Lipinski definition) is 0. The zero-order chi connectivity index (χ0) is 19.0. The first-order chi connectivity index (χ1) is 13.0. The van der Waals surface area contributed by atoms with Gasteiger partial charge in [-0.1, -0.05) is 18.2 Å². The van der Waals surface area contributed by atoms with Crippen LogP contribution in [0, 0.1) is 0 Å². The van der Waals surface area contributed by atoms with E-state index in [1.54, 1.807) is 16.6 Å². The van der Waals surface area contributed by atoms with E-state index >= 15 is 0 Å². The second-order valence-electron chi connectivity index (χ2n) is 5.99. The topological polar surface area (TPSA) is 85.9 Å². The van der Waals surface area contributed by atoms with Crippen LogP contribution in [0.1, 0.15) is 12.6 Å². The molecule has 0 fully saturated rings. The predicted octanol–water partition coefficient (Wildman–Crippen LogP) is 2.32. The Kier molecular flexibility index (Phi) is 4.28. The molecule has 1 aromatic carbocycles. The third kappa shape index (κ3) is 3.13. The molecule has 27 heavy (non-hydrogen) atoms. The van der Waals surface area contributed by atoms with Gasteiger partial charge in [-0.15, -0.1) is 11.3 Å². The van der Waals surface area contributed by atoms with Crippen LogP contribution >= 0.6 is 11.3 Å². The van der Waals surface area contributed by atoms with Gasteiger partial charge in [-0.2, -0.15) is 5.10 Å². The minimum Gasteiger partial charge on any atom is -0.292 e. The Morgan fingerprint density at radius 2 is 2.04 bits per heavy atom. The molecule has 0 atom stereocenters.